The van der Waals surface area contributed by atoms with Crippen LogP contribution in [0.4, 0.5) is 0 Å². The van der Waals surface area contributed by atoms with Crippen LogP contribution in [0, 0.1) is 0 Å². The lowest BCUT2D eigenvalue weighted by molar-refractivity contribution is 0.0827. The fraction of sp³-hybridized carbons (Fsp3) is 0.222. The van der Waals surface area contributed by atoms with Gasteiger partial charge in [-0.1, -0.05) is 0 Å². The molecule has 0 saturated heterocycles. The average Bonchev–Trinajstić information content (AvgIpc) is 2.15. The third-order valence-corrected chi connectivity index (χ3v) is 2.14. The molecule has 6 nitrogen and oxygen atoms in total. The Bertz CT molecular complexity index is 479. The maximum atomic E-state index is 11.5. The van der Waals surface area contributed by atoms with Crippen molar-refractivity contribution in [1.82, 2.24) is 4.90 Å². The molecule has 1 aromatic rings. The smallest absolute Gasteiger partial charge is 0.371 e. The lowest BCUT2D eigenvalue weighted by Gasteiger charge is -2.10. The third-order valence-electron chi connectivity index (χ3n) is 1.72. The van der Waals surface area contributed by atoms with Crippen molar-refractivity contribution in [3.05, 3.63) is 29.8 Å². The van der Waals surface area contributed by atoms with E-state index >= 15 is 0 Å². The van der Waals surface area contributed by atoms with Crippen molar-refractivity contribution in [3.63, 3.8) is 0 Å². The number of benzene rings is 1. The Morgan fingerprint density at radius 1 is 1.25 bits per heavy atom. The molecule has 0 aliphatic rings. The Labute approximate surface area is 93.9 Å². The lowest BCUT2D eigenvalue weighted by atomic mass is 10.2. The molecule has 7 heteroatoms. The maximum absolute atomic E-state index is 11.5. The Morgan fingerprint density at radius 3 is 2.12 bits per heavy atom. The summed E-state index contributed by atoms with van der Waals surface area (Å²) in [6.07, 6.45) is 0. The molecule has 1 amide bonds. The van der Waals surface area contributed by atoms with E-state index in [9.17, 15) is 13.2 Å². The van der Waals surface area contributed by atoms with Crippen molar-refractivity contribution in [2.75, 3.05) is 14.1 Å². The highest BCUT2D eigenvalue weighted by molar-refractivity contribution is 7.84. The number of nitrogens with two attached hydrogens (primary N) is 1. The lowest BCUT2D eigenvalue weighted by Crippen LogP contribution is -2.22. The highest BCUT2D eigenvalue weighted by atomic mass is 32.2. The number of carbonyl (C=O) groups is 1. The number of hydrogen-bond acceptors (Lipinski definition) is 4. The molecule has 1 rings (SSSR count). The Kier molecular flexibility index (Phi) is 3.51. The molecule has 16 heavy (non-hydrogen) atoms. The highest BCUT2D eigenvalue weighted by Crippen LogP contribution is 2.14. The van der Waals surface area contributed by atoms with Gasteiger partial charge in [0.1, 0.15) is 5.75 Å². The number of amides is 1. The van der Waals surface area contributed by atoms with E-state index in [0.29, 0.717) is 5.56 Å². The van der Waals surface area contributed by atoms with Gasteiger partial charge in [-0.05, 0) is 24.3 Å². The van der Waals surface area contributed by atoms with Crippen LogP contribution in [-0.2, 0) is 10.3 Å². The van der Waals surface area contributed by atoms with Crippen LogP contribution in [0.15, 0.2) is 24.3 Å². The summed E-state index contributed by atoms with van der Waals surface area (Å²) < 4.78 is 25.6. The van der Waals surface area contributed by atoms with Crippen LogP contribution in [-0.4, -0.2) is 33.3 Å². The summed E-state index contributed by atoms with van der Waals surface area (Å²) in [5.74, 6) is -0.111. The van der Waals surface area contributed by atoms with Crippen LogP contribution in [0.3, 0.4) is 0 Å². The predicted octanol–water partition coefficient (Wildman–Crippen LogP) is -0.0293. The van der Waals surface area contributed by atoms with Crippen molar-refractivity contribution in [2.24, 2.45) is 5.14 Å². The Morgan fingerprint density at radius 2 is 1.75 bits per heavy atom. The minimum absolute atomic E-state index is 0.0674. The molecule has 0 spiro atoms. The molecule has 0 heterocycles. The quantitative estimate of drug-likeness (QED) is 0.808. The second-order valence-corrected chi connectivity index (χ2v) is 4.45. The van der Waals surface area contributed by atoms with E-state index in [1.807, 2.05) is 0 Å². The van der Waals surface area contributed by atoms with Crippen molar-refractivity contribution >= 4 is 16.2 Å². The zero-order chi connectivity index (χ0) is 12.3. The molecule has 0 unspecified atom stereocenters. The molecule has 0 atom stereocenters. The SMILES string of the molecule is CN(C)C(=O)c1ccc(OS(N)(=O)=O)cc1. The van der Waals surface area contributed by atoms with E-state index in [2.05, 4.69) is 9.32 Å². The van der Waals surface area contributed by atoms with Crippen LogP contribution in [0.2, 0.25) is 0 Å². The summed E-state index contributed by atoms with van der Waals surface area (Å²) in [5.41, 5.74) is 0.437. The molecule has 0 aliphatic heterocycles. The third kappa shape index (κ3) is 3.52. The first-order valence-electron chi connectivity index (χ1n) is 4.33. The zero-order valence-corrected chi connectivity index (χ0v) is 9.69. The molecule has 88 valence electrons. The summed E-state index contributed by atoms with van der Waals surface area (Å²) >= 11 is 0. The first-order valence-corrected chi connectivity index (χ1v) is 5.80. The van der Waals surface area contributed by atoms with Gasteiger partial charge in [-0.15, -0.1) is 0 Å². The van der Waals surface area contributed by atoms with Gasteiger partial charge in [-0.2, -0.15) is 13.6 Å². The van der Waals surface area contributed by atoms with Crippen LogP contribution < -0.4 is 9.32 Å². The second kappa shape index (κ2) is 4.50. The van der Waals surface area contributed by atoms with E-state index in [-0.39, 0.29) is 11.7 Å². The topological polar surface area (TPSA) is 89.7 Å². The van der Waals surface area contributed by atoms with Crippen LogP contribution >= 0.6 is 0 Å². The van der Waals surface area contributed by atoms with Crippen molar-refractivity contribution < 1.29 is 17.4 Å². The number of carbonyl (C=O) groups excluding carboxylic acids is 1. The monoisotopic (exact) mass is 244 g/mol. The van der Waals surface area contributed by atoms with Gasteiger partial charge in [-0.25, -0.2) is 0 Å². The van der Waals surface area contributed by atoms with Gasteiger partial charge in [0.25, 0.3) is 5.91 Å². The second-order valence-electron chi connectivity index (χ2n) is 3.30. The number of hydrogen-bond donors (Lipinski definition) is 1. The molecule has 0 bridgehead atoms. The predicted molar refractivity (Wildman–Crippen MR) is 58.2 cm³/mol. The van der Waals surface area contributed by atoms with E-state index in [1.54, 1.807) is 14.1 Å². The average molecular weight is 244 g/mol. The number of rotatable bonds is 3. The van der Waals surface area contributed by atoms with Gasteiger partial charge in [0.15, 0.2) is 0 Å². The van der Waals surface area contributed by atoms with Gasteiger partial charge < -0.3 is 9.08 Å². The fourth-order valence-electron chi connectivity index (χ4n) is 1.05. The first kappa shape index (κ1) is 12.5. The molecule has 0 aromatic heterocycles. The summed E-state index contributed by atoms with van der Waals surface area (Å²) in [6, 6.07) is 5.65. The number of nitrogens with zero attached hydrogens (tertiary/aromatic N) is 1. The van der Waals surface area contributed by atoms with E-state index in [0.717, 1.165) is 0 Å². The van der Waals surface area contributed by atoms with Crippen LogP contribution in [0.5, 0.6) is 5.75 Å². The fourth-order valence-corrected chi connectivity index (χ4v) is 1.42. The van der Waals surface area contributed by atoms with Gasteiger partial charge in [0.2, 0.25) is 0 Å². The van der Waals surface area contributed by atoms with Gasteiger partial charge in [-0.3, -0.25) is 4.79 Å². The largest absolute Gasteiger partial charge is 0.380 e. The van der Waals surface area contributed by atoms with Crippen molar-refractivity contribution in [2.45, 2.75) is 0 Å². The van der Waals surface area contributed by atoms with E-state index in [1.165, 1.54) is 29.2 Å². The maximum Gasteiger partial charge on any atom is 0.380 e. The minimum Gasteiger partial charge on any atom is -0.371 e. The molecule has 0 saturated carbocycles. The van der Waals surface area contributed by atoms with Gasteiger partial charge >= 0.3 is 10.3 Å². The van der Waals surface area contributed by atoms with E-state index in [4.69, 9.17) is 0 Å². The van der Waals surface area contributed by atoms with Crippen LogP contribution in [0.25, 0.3) is 0 Å². The molecule has 0 radical (unpaired) electrons. The molecule has 0 fully saturated rings. The highest BCUT2D eigenvalue weighted by Gasteiger charge is 2.09. The molecule has 0 aliphatic carbocycles. The summed E-state index contributed by atoms with van der Waals surface area (Å²) in [5, 5.41) is 4.69. The Balaban J connectivity index is 2.88. The zero-order valence-electron chi connectivity index (χ0n) is 8.88. The van der Waals surface area contributed by atoms with E-state index < -0.39 is 10.3 Å². The summed E-state index contributed by atoms with van der Waals surface area (Å²) in [6.45, 7) is 0. The first-order chi connectivity index (χ1) is 7.29. The summed E-state index contributed by atoms with van der Waals surface area (Å²) in [4.78, 5) is 12.9. The molecule has 1 aromatic carbocycles. The van der Waals surface area contributed by atoms with Crippen molar-refractivity contribution in [1.29, 1.82) is 0 Å². The van der Waals surface area contributed by atoms with Crippen molar-refractivity contribution in [3.8, 4) is 5.75 Å². The van der Waals surface area contributed by atoms with Gasteiger partial charge in [0, 0.05) is 19.7 Å². The molecule has 2 N–H and O–H groups in total. The standard InChI is InChI=1S/C9H12N2O4S/c1-11(2)9(12)7-3-5-8(6-4-7)15-16(10,13)14/h3-6H,1-2H3,(H2,10,13,14). The van der Waals surface area contributed by atoms with Gasteiger partial charge in [0.05, 0.1) is 0 Å². The summed E-state index contributed by atoms with van der Waals surface area (Å²) in [7, 11) is -0.778. The minimum atomic E-state index is -4.02. The molecular weight excluding hydrogens is 232 g/mol. The Hall–Kier alpha value is -1.60. The van der Waals surface area contributed by atoms with Crippen LogP contribution in [0.1, 0.15) is 10.4 Å². The molecular formula is C9H12N2O4S. The normalized spacial score (nSPS) is 10.9.